The fraction of sp³-hybridized carbons (Fsp3) is 0.364. The molecule has 1 aliphatic rings. The van der Waals surface area contributed by atoms with Crippen molar-refractivity contribution in [2.24, 2.45) is 11.7 Å². The van der Waals surface area contributed by atoms with E-state index in [9.17, 15) is 4.79 Å². The lowest BCUT2D eigenvalue weighted by molar-refractivity contribution is -0.123. The Hall–Kier alpha value is -3.26. The Morgan fingerprint density at radius 2 is 1.83 bits per heavy atom. The number of hydrogen-bond donors (Lipinski definition) is 1. The Labute approximate surface area is 175 Å². The SMILES string of the molecule is COc1ccc([C@@H](c2nnnn2Cc2ccccc2)N2CCC(C(N)=O)CC2)cc1. The number of rotatable bonds is 7. The average molecular weight is 406 g/mol. The van der Waals surface area contributed by atoms with Crippen molar-refractivity contribution in [2.75, 3.05) is 20.2 Å². The van der Waals surface area contributed by atoms with E-state index in [0.29, 0.717) is 6.54 Å². The van der Waals surface area contributed by atoms with Crippen LogP contribution in [0.15, 0.2) is 54.6 Å². The number of ether oxygens (including phenoxy) is 1. The van der Waals surface area contributed by atoms with Gasteiger partial charge in [-0.15, -0.1) is 5.10 Å². The Morgan fingerprint density at radius 3 is 2.47 bits per heavy atom. The van der Waals surface area contributed by atoms with E-state index >= 15 is 0 Å². The topological polar surface area (TPSA) is 99.2 Å². The highest BCUT2D eigenvalue weighted by atomic mass is 16.5. The summed E-state index contributed by atoms with van der Waals surface area (Å²) in [4.78, 5) is 13.9. The van der Waals surface area contributed by atoms with E-state index in [2.05, 4.69) is 32.6 Å². The molecule has 0 bridgehead atoms. The van der Waals surface area contributed by atoms with Gasteiger partial charge in [0.2, 0.25) is 5.91 Å². The molecule has 1 saturated heterocycles. The first-order chi connectivity index (χ1) is 14.7. The standard InChI is InChI=1S/C22H26N6O2/c1-30-19-9-7-17(8-10-19)20(27-13-11-18(12-14-27)21(23)29)22-24-25-26-28(22)15-16-5-3-2-4-6-16/h2-10,18,20H,11-15H2,1H3,(H2,23,29)/t20-/m0/s1. The lowest BCUT2D eigenvalue weighted by Gasteiger charge is -2.36. The first-order valence-corrected chi connectivity index (χ1v) is 10.1. The van der Waals surface area contributed by atoms with Gasteiger partial charge in [0, 0.05) is 5.92 Å². The van der Waals surface area contributed by atoms with Crippen LogP contribution in [0.4, 0.5) is 0 Å². The quantitative estimate of drug-likeness (QED) is 0.644. The van der Waals surface area contributed by atoms with Crippen molar-refractivity contribution in [3.8, 4) is 5.75 Å². The van der Waals surface area contributed by atoms with Crippen molar-refractivity contribution in [2.45, 2.75) is 25.4 Å². The zero-order valence-electron chi connectivity index (χ0n) is 17.0. The molecule has 156 valence electrons. The second-order valence-corrected chi connectivity index (χ2v) is 7.57. The van der Waals surface area contributed by atoms with Gasteiger partial charge in [-0.2, -0.15) is 0 Å². The monoisotopic (exact) mass is 406 g/mol. The molecular formula is C22H26N6O2. The number of hydrogen-bond acceptors (Lipinski definition) is 6. The molecule has 0 saturated carbocycles. The fourth-order valence-corrected chi connectivity index (χ4v) is 4.03. The number of carbonyl (C=O) groups excluding carboxylic acids is 1. The van der Waals surface area contributed by atoms with Crippen LogP contribution >= 0.6 is 0 Å². The number of carbonyl (C=O) groups is 1. The van der Waals surface area contributed by atoms with E-state index in [1.54, 1.807) is 7.11 Å². The summed E-state index contributed by atoms with van der Waals surface area (Å²) in [6, 6.07) is 18.0. The summed E-state index contributed by atoms with van der Waals surface area (Å²) in [5.74, 6) is 1.29. The second-order valence-electron chi connectivity index (χ2n) is 7.57. The lowest BCUT2D eigenvalue weighted by atomic mass is 9.93. The van der Waals surface area contributed by atoms with Crippen molar-refractivity contribution in [1.82, 2.24) is 25.1 Å². The summed E-state index contributed by atoms with van der Waals surface area (Å²) in [6.45, 7) is 2.10. The Kier molecular flexibility index (Phi) is 6.04. The average Bonchev–Trinajstić information content (AvgIpc) is 3.23. The second kappa shape index (κ2) is 9.04. The van der Waals surface area contributed by atoms with Crippen LogP contribution < -0.4 is 10.5 Å². The highest BCUT2D eigenvalue weighted by molar-refractivity contribution is 5.76. The van der Waals surface area contributed by atoms with E-state index < -0.39 is 0 Å². The summed E-state index contributed by atoms with van der Waals surface area (Å²) in [5.41, 5.74) is 7.74. The van der Waals surface area contributed by atoms with Crippen LogP contribution in [0.1, 0.15) is 35.8 Å². The van der Waals surface area contributed by atoms with E-state index in [1.165, 1.54) is 0 Å². The predicted molar refractivity (Wildman–Crippen MR) is 112 cm³/mol. The molecule has 2 heterocycles. The summed E-state index contributed by atoms with van der Waals surface area (Å²) in [7, 11) is 1.65. The van der Waals surface area contributed by atoms with Crippen LogP contribution in [-0.4, -0.2) is 51.2 Å². The van der Waals surface area contributed by atoms with Crippen molar-refractivity contribution >= 4 is 5.91 Å². The van der Waals surface area contributed by atoms with Gasteiger partial charge in [-0.25, -0.2) is 4.68 Å². The van der Waals surface area contributed by atoms with Gasteiger partial charge < -0.3 is 10.5 Å². The van der Waals surface area contributed by atoms with Crippen LogP contribution in [0, 0.1) is 5.92 Å². The molecule has 4 rings (SSSR count). The molecule has 0 unspecified atom stereocenters. The molecule has 1 amide bonds. The van der Waals surface area contributed by atoms with Crippen molar-refractivity contribution in [3.05, 3.63) is 71.5 Å². The Bertz CT molecular complexity index is 965. The van der Waals surface area contributed by atoms with Crippen LogP contribution in [0.3, 0.4) is 0 Å². The summed E-state index contributed by atoms with van der Waals surface area (Å²) in [5, 5.41) is 12.6. The first-order valence-electron chi connectivity index (χ1n) is 10.1. The van der Waals surface area contributed by atoms with Crippen molar-refractivity contribution < 1.29 is 9.53 Å². The van der Waals surface area contributed by atoms with E-state index in [1.807, 2.05) is 47.1 Å². The van der Waals surface area contributed by atoms with Gasteiger partial charge >= 0.3 is 0 Å². The van der Waals surface area contributed by atoms with Crippen LogP contribution in [0.5, 0.6) is 5.75 Å². The molecule has 3 aromatic rings. The van der Waals surface area contributed by atoms with Crippen LogP contribution in [-0.2, 0) is 11.3 Å². The number of benzene rings is 2. The molecule has 2 N–H and O–H groups in total. The molecule has 8 nitrogen and oxygen atoms in total. The lowest BCUT2D eigenvalue weighted by Crippen LogP contribution is -2.41. The number of aromatic nitrogens is 4. The van der Waals surface area contributed by atoms with Crippen molar-refractivity contribution in [3.63, 3.8) is 0 Å². The van der Waals surface area contributed by atoms with E-state index in [4.69, 9.17) is 10.5 Å². The molecular weight excluding hydrogens is 380 g/mol. The maximum atomic E-state index is 11.6. The highest BCUT2D eigenvalue weighted by Crippen LogP contribution is 2.32. The van der Waals surface area contributed by atoms with Gasteiger partial charge in [0.25, 0.3) is 0 Å². The maximum Gasteiger partial charge on any atom is 0.220 e. The largest absolute Gasteiger partial charge is 0.497 e. The Morgan fingerprint density at radius 1 is 1.13 bits per heavy atom. The number of likely N-dealkylation sites (tertiary alicyclic amines) is 1. The predicted octanol–water partition coefficient (Wildman–Crippen LogP) is 2.02. The minimum Gasteiger partial charge on any atom is -0.497 e. The fourth-order valence-electron chi connectivity index (χ4n) is 4.03. The number of amides is 1. The minimum atomic E-state index is -0.218. The summed E-state index contributed by atoms with van der Waals surface area (Å²) < 4.78 is 7.17. The number of tetrazole rings is 1. The summed E-state index contributed by atoms with van der Waals surface area (Å²) >= 11 is 0. The number of piperidine rings is 1. The molecule has 1 fully saturated rings. The molecule has 1 aromatic heterocycles. The third-order valence-corrected chi connectivity index (χ3v) is 5.71. The number of primary amides is 1. The Balaban J connectivity index is 1.66. The molecule has 8 heteroatoms. The van der Waals surface area contributed by atoms with Gasteiger partial charge in [0.05, 0.1) is 19.7 Å². The van der Waals surface area contributed by atoms with Gasteiger partial charge in [0.1, 0.15) is 5.75 Å². The first kappa shape index (κ1) is 20.0. The third-order valence-electron chi connectivity index (χ3n) is 5.71. The molecule has 0 spiro atoms. The third kappa shape index (κ3) is 4.33. The maximum absolute atomic E-state index is 11.6. The molecule has 0 aliphatic carbocycles. The van der Waals surface area contributed by atoms with Crippen molar-refractivity contribution in [1.29, 1.82) is 0 Å². The van der Waals surface area contributed by atoms with Gasteiger partial charge in [-0.3, -0.25) is 9.69 Å². The van der Waals surface area contributed by atoms with E-state index in [-0.39, 0.29) is 17.9 Å². The van der Waals surface area contributed by atoms with E-state index in [0.717, 1.165) is 48.6 Å². The molecule has 1 aliphatic heterocycles. The van der Waals surface area contributed by atoms with Crippen LogP contribution in [0.2, 0.25) is 0 Å². The molecule has 1 atom stereocenters. The van der Waals surface area contributed by atoms with Gasteiger partial charge in [0.15, 0.2) is 5.82 Å². The zero-order chi connectivity index (χ0) is 20.9. The number of nitrogens with zero attached hydrogens (tertiary/aromatic N) is 5. The molecule has 2 aromatic carbocycles. The number of nitrogens with two attached hydrogens (primary N) is 1. The number of methoxy groups -OCH3 is 1. The smallest absolute Gasteiger partial charge is 0.220 e. The minimum absolute atomic E-state index is 0.0712. The van der Waals surface area contributed by atoms with Gasteiger partial charge in [-0.1, -0.05) is 42.5 Å². The normalized spacial score (nSPS) is 16.3. The molecule has 30 heavy (non-hydrogen) atoms. The van der Waals surface area contributed by atoms with Gasteiger partial charge in [-0.05, 0) is 59.6 Å². The molecule has 0 radical (unpaired) electrons. The van der Waals surface area contributed by atoms with Crippen LogP contribution in [0.25, 0.3) is 0 Å². The summed E-state index contributed by atoms with van der Waals surface area (Å²) in [6.07, 6.45) is 1.48. The highest BCUT2D eigenvalue weighted by Gasteiger charge is 2.32. The zero-order valence-corrected chi connectivity index (χ0v) is 17.0.